The van der Waals surface area contributed by atoms with Crippen LogP contribution in [-0.4, -0.2) is 25.9 Å². The number of benzene rings is 2. The predicted molar refractivity (Wildman–Crippen MR) is 82.0 cm³/mol. The van der Waals surface area contributed by atoms with E-state index >= 15 is 0 Å². The number of hydrogen-bond donors (Lipinski definition) is 0. The largest absolute Gasteiger partial charge is 0.464 e. The summed E-state index contributed by atoms with van der Waals surface area (Å²) in [5, 5.41) is 3.73. The lowest BCUT2D eigenvalue weighted by molar-refractivity contribution is -0.133. The number of carbonyl (C=O) groups excluding carboxylic acids is 1. The fourth-order valence-corrected chi connectivity index (χ4v) is 2.05. The Balaban J connectivity index is 2.25. The number of rotatable bonds is 5. The second-order valence-electron chi connectivity index (χ2n) is 4.46. The molecule has 0 fully saturated rings. The van der Waals surface area contributed by atoms with Crippen molar-refractivity contribution in [2.75, 3.05) is 14.2 Å². The molecule has 0 unspecified atom stereocenters. The molecule has 0 aliphatic rings. The zero-order valence-electron chi connectivity index (χ0n) is 12.1. The van der Waals surface area contributed by atoms with Gasteiger partial charge in [-0.1, -0.05) is 59.8 Å². The molecule has 0 aliphatic carbocycles. The first-order valence-corrected chi connectivity index (χ1v) is 6.57. The van der Waals surface area contributed by atoms with Gasteiger partial charge in [-0.05, 0) is 16.7 Å². The lowest BCUT2D eigenvalue weighted by Gasteiger charge is -2.07. The van der Waals surface area contributed by atoms with E-state index in [0.29, 0.717) is 6.42 Å². The topological polar surface area (TPSA) is 47.9 Å². The number of methoxy groups -OCH3 is 1. The van der Waals surface area contributed by atoms with Gasteiger partial charge in [-0.15, -0.1) is 0 Å². The Hall–Kier alpha value is -2.62. The van der Waals surface area contributed by atoms with Crippen molar-refractivity contribution in [3.63, 3.8) is 0 Å². The molecule has 0 heterocycles. The molecule has 21 heavy (non-hydrogen) atoms. The van der Waals surface area contributed by atoms with Gasteiger partial charge >= 0.3 is 5.97 Å². The van der Waals surface area contributed by atoms with Crippen LogP contribution in [0.1, 0.15) is 5.56 Å². The fraction of sp³-hybridized carbons (Fsp3) is 0.176. The van der Waals surface area contributed by atoms with Crippen LogP contribution in [0.5, 0.6) is 0 Å². The maximum absolute atomic E-state index is 11.6. The third-order valence-corrected chi connectivity index (χ3v) is 3.03. The van der Waals surface area contributed by atoms with Crippen molar-refractivity contribution in [1.82, 2.24) is 0 Å². The van der Waals surface area contributed by atoms with Gasteiger partial charge in [-0.2, -0.15) is 0 Å². The predicted octanol–water partition coefficient (Wildman–Crippen LogP) is 3.07. The lowest BCUT2D eigenvalue weighted by Crippen LogP contribution is -2.18. The zero-order valence-corrected chi connectivity index (χ0v) is 12.1. The van der Waals surface area contributed by atoms with Gasteiger partial charge in [0, 0.05) is 6.42 Å². The van der Waals surface area contributed by atoms with Gasteiger partial charge in [-0.25, -0.2) is 4.79 Å². The molecule has 2 aromatic rings. The Morgan fingerprint density at radius 2 is 1.71 bits per heavy atom. The Bertz CT molecular complexity index is 635. The SMILES string of the molecule is CON=C(Cc1cccc(-c2ccccc2)c1)C(=O)OC. The maximum Gasteiger partial charge on any atom is 0.356 e. The van der Waals surface area contributed by atoms with Crippen LogP contribution in [0.3, 0.4) is 0 Å². The molecular weight excluding hydrogens is 266 g/mol. The first-order valence-electron chi connectivity index (χ1n) is 6.57. The van der Waals surface area contributed by atoms with Crippen molar-refractivity contribution < 1.29 is 14.4 Å². The van der Waals surface area contributed by atoms with Gasteiger partial charge in [0.25, 0.3) is 0 Å². The van der Waals surface area contributed by atoms with E-state index in [1.165, 1.54) is 14.2 Å². The van der Waals surface area contributed by atoms with E-state index in [0.717, 1.165) is 16.7 Å². The van der Waals surface area contributed by atoms with Crippen LogP contribution in [0, 0.1) is 0 Å². The summed E-state index contributed by atoms with van der Waals surface area (Å²) in [5.41, 5.74) is 3.43. The monoisotopic (exact) mass is 283 g/mol. The van der Waals surface area contributed by atoms with Gasteiger partial charge in [0.2, 0.25) is 0 Å². The molecule has 0 atom stereocenters. The molecule has 0 bridgehead atoms. The summed E-state index contributed by atoms with van der Waals surface area (Å²) in [6.45, 7) is 0. The van der Waals surface area contributed by atoms with Crippen LogP contribution in [0.25, 0.3) is 11.1 Å². The highest BCUT2D eigenvalue weighted by Gasteiger charge is 2.14. The quantitative estimate of drug-likeness (QED) is 0.481. The summed E-state index contributed by atoms with van der Waals surface area (Å²) in [6.07, 6.45) is 0.362. The number of ether oxygens (including phenoxy) is 1. The van der Waals surface area contributed by atoms with Crippen LogP contribution in [0.4, 0.5) is 0 Å². The molecule has 0 amide bonds. The van der Waals surface area contributed by atoms with Crippen molar-refractivity contribution in [1.29, 1.82) is 0 Å². The van der Waals surface area contributed by atoms with E-state index in [-0.39, 0.29) is 5.71 Å². The van der Waals surface area contributed by atoms with Crippen LogP contribution < -0.4 is 0 Å². The molecule has 0 aliphatic heterocycles. The van der Waals surface area contributed by atoms with Crippen molar-refractivity contribution >= 4 is 11.7 Å². The average Bonchev–Trinajstić information content (AvgIpc) is 2.55. The van der Waals surface area contributed by atoms with E-state index in [1.807, 2.05) is 54.6 Å². The van der Waals surface area contributed by atoms with Gasteiger partial charge < -0.3 is 9.57 Å². The Morgan fingerprint density at radius 1 is 1.00 bits per heavy atom. The van der Waals surface area contributed by atoms with Crippen LogP contribution in [0.15, 0.2) is 59.8 Å². The van der Waals surface area contributed by atoms with Crippen molar-refractivity contribution in [3.8, 4) is 11.1 Å². The number of nitrogens with zero attached hydrogens (tertiary/aromatic N) is 1. The van der Waals surface area contributed by atoms with E-state index in [9.17, 15) is 4.79 Å². The van der Waals surface area contributed by atoms with Gasteiger partial charge in [0.15, 0.2) is 5.71 Å². The van der Waals surface area contributed by atoms with Crippen LogP contribution in [0.2, 0.25) is 0 Å². The Labute approximate surface area is 124 Å². The molecular formula is C17H17NO3. The highest BCUT2D eigenvalue weighted by atomic mass is 16.6. The molecule has 0 N–H and O–H groups in total. The summed E-state index contributed by atoms with van der Waals surface area (Å²) >= 11 is 0. The molecule has 0 aromatic heterocycles. The summed E-state index contributed by atoms with van der Waals surface area (Å²) in [4.78, 5) is 16.3. The highest BCUT2D eigenvalue weighted by Crippen LogP contribution is 2.20. The van der Waals surface area contributed by atoms with Crippen molar-refractivity contribution in [2.45, 2.75) is 6.42 Å². The Morgan fingerprint density at radius 3 is 2.38 bits per heavy atom. The van der Waals surface area contributed by atoms with Crippen LogP contribution in [-0.2, 0) is 20.8 Å². The zero-order chi connectivity index (χ0) is 15.1. The molecule has 4 heteroatoms. The third kappa shape index (κ3) is 3.92. The average molecular weight is 283 g/mol. The first-order chi connectivity index (χ1) is 10.2. The van der Waals surface area contributed by atoms with E-state index in [2.05, 4.69) is 5.16 Å². The number of esters is 1. The third-order valence-electron chi connectivity index (χ3n) is 3.03. The molecule has 0 saturated heterocycles. The lowest BCUT2D eigenvalue weighted by atomic mass is 10.0. The molecule has 0 spiro atoms. The minimum atomic E-state index is -0.484. The fourth-order valence-electron chi connectivity index (χ4n) is 2.05. The molecule has 2 rings (SSSR count). The molecule has 0 saturated carbocycles. The van der Waals surface area contributed by atoms with Gasteiger partial charge in [0.05, 0.1) is 7.11 Å². The van der Waals surface area contributed by atoms with Crippen molar-refractivity contribution in [3.05, 3.63) is 60.2 Å². The van der Waals surface area contributed by atoms with Gasteiger partial charge in [0.1, 0.15) is 7.11 Å². The summed E-state index contributed by atoms with van der Waals surface area (Å²) < 4.78 is 4.70. The second-order valence-corrected chi connectivity index (χ2v) is 4.46. The highest BCUT2D eigenvalue weighted by molar-refractivity contribution is 6.36. The van der Waals surface area contributed by atoms with E-state index in [4.69, 9.17) is 9.57 Å². The summed E-state index contributed by atoms with van der Waals surface area (Å²) in [6, 6.07) is 18.0. The minimum absolute atomic E-state index is 0.241. The standard InChI is InChI=1S/C17H17NO3/c1-20-17(19)16(18-21-2)12-13-7-6-10-15(11-13)14-8-4-3-5-9-14/h3-11H,12H2,1-2H3. The molecule has 4 nitrogen and oxygen atoms in total. The number of oxime groups is 1. The number of hydrogen-bond acceptors (Lipinski definition) is 4. The van der Waals surface area contributed by atoms with E-state index in [1.54, 1.807) is 0 Å². The smallest absolute Gasteiger partial charge is 0.356 e. The first kappa shape index (κ1) is 14.8. The number of carbonyl (C=O) groups is 1. The maximum atomic E-state index is 11.6. The Kier molecular flexibility index (Phi) is 5.10. The summed E-state index contributed by atoms with van der Waals surface area (Å²) in [7, 11) is 2.73. The normalized spacial score (nSPS) is 11.0. The second kappa shape index (κ2) is 7.24. The van der Waals surface area contributed by atoms with E-state index < -0.39 is 5.97 Å². The van der Waals surface area contributed by atoms with Crippen molar-refractivity contribution in [2.24, 2.45) is 5.16 Å². The molecule has 108 valence electrons. The van der Waals surface area contributed by atoms with Gasteiger partial charge in [-0.3, -0.25) is 0 Å². The minimum Gasteiger partial charge on any atom is -0.464 e. The summed E-state index contributed by atoms with van der Waals surface area (Å²) in [5.74, 6) is -0.484. The van der Waals surface area contributed by atoms with Crippen LogP contribution >= 0.6 is 0 Å². The molecule has 2 aromatic carbocycles. The molecule has 0 radical (unpaired) electrons.